The fourth-order valence-electron chi connectivity index (χ4n) is 3.96. The lowest BCUT2D eigenvalue weighted by atomic mass is 10.00. The number of carbonyl (C=O) groups is 1. The third kappa shape index (κ3) is 4.62. The van der Waals surface area contributed by atoms with E-state index in [9.17, 15) is 22.4 Å². The van der Waals surface area contributed by atoms with Gasteiger partial charge < -0.3 is 14.2 Å². The fourth-order valence-corrected chi connectivity index (χ4v) is 3.96. The lowest BCUT2D eigenvalue weighted by molar-refractivity contribution is 0.157. The second kappa shape index (κ2) is 9.59. The number of aromatic nitrogens is 1. The molecule has 1 heterocycles. The average molecular weight is 470 g/mol. The molecule has 0 atom stereocenters. The molecule has 4 aromatic rings. The number of halogens is 4. The molecule has 34 heavy (non-hydrogen) atoms. The maximum absolute atomic E-state index is 14.1. The van der Waals surface area contributed by atoms with Crippen molar-refractivity contribution in [2.45, 2.75) is 20.4 Å². The van der Waals surface area contributed by atoms with Crippen LogP contribution in [0.4, 0.5) is 22.4 Å². The molecular formula is C26H22F4N2O2. The Morgan fingerprint density at radius 2 is 1.59 bits per heavy atom. The van der Waals surface area contributed by atoms with Crippen LogP contribution in [0.5, 0.6) is 5.75 Å². The van der Waals surface area contributed by atoms with Crippen molar-refractivity contribution in [1.82, 2.24) is 9.47 Å². The Morgan fingerprint density at radius 3 is 2.24 bits per heavy atom. The normalized spacial score (nSPS) is 11.1. The topological polar surface area (TPSA) is 34.5 Å². The van der Waals surface area contributed by atoms with Crippen molar-refractivity contribution < 1.29 is 27.1 Å². The quantitative estimate of drug-likeness (QED) is 0.292. The van der Waals surface area contributed by atoms with Crippen LogP contribution in [0, 0.1) is 23.3 Å². The van der Waals surface area contributed by atoms with Crippen LogP contribution in [0.2, 0.25) is 0 Å². The van der Waals surface area contributed by atoms with E-state index in [2.05, 4.69) is 0 Å². The second-order valence-corrected chi connectivity index (χ2v) is 7.76. The van der Waals surface area contributed by atoms with Gasteiger partial charge in [0.15, 0.2) is 11.6 Å². The Bertz CT molecular complexity index is 1340. The summed E-state index contributed by atoms with van der Waals surface area (Å²) in [6, 6.07) is 11.7. The van der Waals surface area contributed by atoms with Crippen molar-refractivity contribution in [1.29, 1.82) is 0 Å². The van der Waals surface area contributed by atoms with Gasteiger partial charge in [0.1, 0.15) is 17.4 Å². The third-order valence-electron chi connectivity index (χ3n) is 5.62. The second-order valence-electron chi connectivity index (χ2n) is 7.76. The van der Waals surface area contributed by atoms with E-state index >= 15 is 0 Å². The van der Waals surface area contributed by atoms with Crippen LogP contribution in [0.1, 0.15) is 19.4 Å². The summed E-state index contributed by atoms with van der Waals surface area (Å²) >= 11 is 0. The number of benzene rings is 3. The first-order valence-corrected chi connectivity index (χ1v) is 10.8. The highest BCUT2D eigenvalue weighted by atomic mass is 19.2. The van der Waals surface area contributed by atoms with Gasteiger partial charge in [-0.3, -0.25) is 0 Å². The average Bonchev–Trinajstić information content (AvgIpc) is 3.18. The molecule has 0 aliphatic rings. The Labute approximate surface area is 194 Å². The van der Waals surface area contributed by atoms with E-state index in [1.54, 1.807) is 29.0 Å². The number of amides is 1. The minimum absolute atomic E-state index is 0.175. The molecule has 0 N–H and O–H groups in total. The number of rotatable bonds is 6. The van der Waals surface area contributed by atoms with E-state index < -0.39 is 29.4 Å². The molecule has 1 amide bonds. The largest absolute Gasteiger partial charge is 0.415 e. The summed E-state index contributed by atoms with van der Waals surface area (Å²) in [5, 5.41) is 0.604. The molecule has 4 nitrogen and oxygen atoms in total. The van der Waals surface area contributed by atoms with Crippen LogP contribution < -0.4 is 4.74 Å². The maximum Gasteiger partial charge on any atom is 0.415 e. The fraction of sp³-hybridized carbons (Fsp3) is 0.192. The number of fused-ring (bicyclic) bond motifs is 1. The predicted molar refractivity (Wildman–Crippen MR) is 122 cm³/mol. The maximum atomic E-state index is 14.1. The summed E-state index contributed by atoms with van der Waals surface area (Å²) in [5.74, 6) is -3.21. The van der Waals surface area contributed by atoms with Gasteiger partial charge in [-0.1, -0.05) is 6.07 Å². The van der Waals surface area contributed by atoms with E-state index in [1.807, 2.05) is 13.8 Å². The zero-order valence-electron chi connectivity index (χ0n) is 18.6. The van der Waals surface area contributed by atoms with Crippen molar-refractivity contribution in [2.24, 2.45) is 0 Å². The number of hydrogen-bond donors (Lipinski definition) is 0. The van der Waals surface area contributed by atoms with Gasteiger partial charge in [0.2, 0.25) is 0 Å². The summed E-state index contributed by atoms with van der Waals surface area (Å²) < 4.78 is 62.4. The Hall–Kier alpha value is -3.81. The molecule has 8 heteroatoms. The van der Waals surface area contributed by atoms with Gasteiger partial charge in [0.25, 0.3) is 0 Å². The molecule has 0 saturated heterocycles. The predicted octanol–water partition coefficient (Wildman–Crippen LogP) is 6.75. The van der Waals surface area contributed by atoms with Gasteiger partial charge in [-0.2, -0.15) is 0 Å². The molecule has 0 saturated carbocycles. The molecule has 0 spiro atoms. The van der Waals surface area contributed by atoms with Crippen LogP contribution in [-0.4, -0.2) is 28.6 Å². The first kappa shape index (κ1) is 23.4. The molecule has 176 valence electrons. The molecule has 0 aliphatic heterocycles. The summed E-state index contributed by atoms with van der Waals surface area (Å²) in [4.78, 5) is 14.1. The van der Waals surface area contributed by atoms with E-state index in [0.29, 0.717) is 40.7 Å². The minimum Gasteiger partial charge on any atom is -0.410 e. The lowest BCUT2D eigenvalue weighted by Crippen LogP contribution is -2.33. The molecule has 0 aliphatic carbocycles. The van der Waals surface area contributed by atoms with Crippen molar-refractivity contribution in [3.8, 4) is 16.9 Å². The van der Waals surface area contributed by atoms with Gasteiger partial charge in [-0.15, -0.1) is 0 Å². The van der Waals surface area contributed by atoms with Crippen LogP contribution in [0.15, 0.2) is 60.8 Å². The smallest absolute Gasteiger partial charge is 0.410 e. The summed E-state index contributed by atoms with van der Waals surface area (Å²) in [7, 11) is 0. The number of carbonyl (C=O) groups excluding carboxylic acids is 1. The number of hydrogen-bond acceptors (Lipinski definition) is 2. The molecular weight excluding hydrogens is 448 g/mol. The highest BCUT2D eigenvalue weighted by Crippen LogP contribution is 2.38. The van der Waals surface area contributed by atoms with Gasteiger partial charge >= 0.3 is 6.09 Å². The highest BCUT2D eigenvalue weighted by Gasteiger charge is 2.20. The van der Waals surface area contributed by atoms with E-state index in [0.717, 1.165) is 18.2 Å². The standard InChI is InChI=1S/C26H22F4N2O2/c1-3-31(4-2)26(33)34-24-8-7-23-20(25(24)17-5-6-21(29)22(30)13-17)9-10-32(23)15-16-11-18(27)14-19(28)12-16/h5-14H,3-4,15H2,1-2H3. The van der Waals surface area contributed by atoms with Crippen LogP contribution >= 0.6 is 0 Å². The first-order valence-electron chi connectivity index (χ1n) is 10.8. The van der Waals surface area contributed by atoms with E-state index in [-0.39, 0.29) is 12.3 Å². The van der Waals surface area contributed by atoms with Gasteiger partial charge in [0.05, 0.1) is 0 Å². The molecule has 1 aromatic heterocycles. The summed E-state index contributed by atoms with van der Waals surface area (Å²) in [6.07, 6.45) is 1.15. The van der Waals surface area contributed by atoms with Gasteiger partial charge in [0, 0.05) is 48.4 Å². The van der Waals surface area contributed by atoms with Crippen LogP contribution in [0.25, 0.3) is 22.0 Å². The van der Waals surface area contributed by atoms with Crippen LogP contribution in [0.3, 0.4) is 0 Å². The molecule has 3 aromatic carbocycles. The molecule has 0 unspecified atom stereocenters. The minimum atomic E-state index is -1.04. The van der Waals surface area contributed by atoms with E-state index in [1.165, 1.54) is 23.1 Å². The third-order valence-corrected chi connectivity index (χ3v) is 5.62. The SMILES string of the molecule is CCN(CC)C(=O)Oc1ccc2c(ccn2Cc2cc(F)cc(F)c2)c1-c1ccc(F)c(F)c1. The van der Waals surface area contributed by atoms with Crippen molar-refractivity contribution in [2.75, 3.05) is 13.1 Å². The Balaban J connectivity index is 1.84. The molecule has 4 rings (SSSR count). The summed E-state index contributed by atoms with van der Waals surface area (Å²) in [6.45, 7) is 4.70. The zero-order valence-corrected chi connectivity index (χ0v) is 18.6. The van der Waals surface area contributed by atoms with Gasteiger partial charge in [-0.25, -0.2) is 22.4 Å². The Morgan fingerprint density at radius 1 is 0.882 bits per heavy atom. The van der Waals surface area contributed by atoms with E-state index in [4.69, 9.17) is 4.74 Å². The van der Waals surface area contributed by atoms with Crippen molar-refractivity contribution >= 4 is 17.0 Å². The lowest BCUT2D eigenvalue weighted by Gasteiger charge is -2.20. The highest BCUT2D eigenvalue weighted by molar-refractivity contribution is 5.99. The molecule has 0 radical (unpaired) electrons. The molecule has 0 bridgehead atoms. The number of ether oxygens (including phenoxy) is 1. The zero-order chi connectivity index (χ0) is 24.4. The number of nitrogens with zero attached hydrogens (tertiary/aromatic N) is 2. The summed E-state index contributed by atoms with van der Waals surface area (Å²) in [5.41, 5.74) is 1.80. The molecule has 0 fully saturated rings. The monoisotopic (exact) mass is 470 g/mol. The first-order chi connectivity index (χ1) is 16.3. The van der Waals surface area contributed by atoms with Crippen molar-refractivity contribution in [3.05, 3.63) is 89.6 Å². The van der Waals surface area contributed by atoms with Crippen LogP contribution in [-0.2, 0) is 6.54 Å². The Kier molecular flexibility index (Phi) is 6.58. The van der Waals surface area contributed by atoms with Gasteiger partial charge in [-0.05, 0) is 67.4 Å². The van der Waals surface area contributed by atoms with Crippen molar-refractivity contribution in [3.63, 3.8) is 0 Å².